The van der Waals surface area contributed by atoms with Crippen LogP contribution >= 0.6 is 0 Å². The van der Waals surface area contributed by atoms with Crippen molar-refractivity contribution in [1.29, 1.82) is 5.26 Å². The normalized spacial score (nSPS) is 21.2. The highest BCUT2D eigenvalue weighted by atomic mass is 32.2. The standard InChI is InChI=1S/C47H48N8O5S/c1-27-33(34-7-5-9-39(28(34)2)51-44-42-30(12-17-49-44)20-29(23-50-42)24-54-18-14-32(56)26-54)6-4-8-35(27)46-52-40-21-37-36(38(22-48)43(40)60-46)10-11-41(37)55-19-13-31(25-55)45(57)53-61(58,59)47(3)15-16-47/h4-9,12,17,20-21,23,31-32,41,56H,10-11,13-16,18-19,24-26H2,1-3H3,(H,49,51)(H,53,57)/t31-,32-,41-/m1/s1. The van der Waals surface area contributed by atoms with Crippen LogP contribution in [0, 0.1) is 31.1 Å². The molecule has 312 valence electrons. The van der Waals surface area contributed by atoms with Crippen LogP contribution in [0.25, 0.3) is 44.6 Å². The molecule has 10 rings (SSSR count). The Kier molecular flexibility index (Phi) is 9.71. The molecule has 3 fully saturated rings. The Hall–Kier alpha value is -5.72. The third-order valence-corrected chi connectivity index (χ3v) is 15.8. The van der Waals surface area contributed by atoms with Gasteiger partial charge < -0.3 is 14.8 Å². The molecule has 0 radical (unpaired) electrons. The Labute approximate surface area is 354 Å². The maximum atomic E-state index is 13.1. The number of amides is 1. The molecule has 0 bridgehead atoms. The zero-order chi connectivity index (χ0) is 42.2. The number of pyridine rings is 2. The second kappa shape index (κ2) is 15.0. The SMILES string of the molecule is Cc1c(Nc2nccc3cc(CN4CC[C@@H](O)C4)cnc23)cccc1-c1cccc(-c2nc3cc4c(c(C#N)c3o2)CC[C@H]4N2CC[C@@H](C(=O)NS(=O)(=O)C3(C)CC3)C2)c1C. The van der Waals surface area contributed by atoms with Crippen molar-refractivity contribution in [3.05, 3.63) is 100 Å². The highest BCUT2D eigenvalue weighted by molar-refractivity contribution is 7.91. The topological polar surface area (TPSA) is 178 Å². The van der Waals surface area contributed by atoms with Gasteiger partial charge in [-0.1, -0.05) is 24.3 Å². The summed E-state index contributed by atoms with van der Waals surface area (Å²) < 4.78 is 33.5. The van der Waals surface area contributed by atoms with Crippen LogP contribution in [0.5, 0.6) is 0 Å². The van der Waals surface area contributed by atoms with Crippen LogP contribution in [0.2, 0.25) is 0 Å². The fraction of sp³-hybridized carbons (Fsp3) is 0.383. The Bertz CT molecular complexity index is 2920. The summed E-state index contributed by atoms with van der Waals surface area (Å²) in [5.74, 6) is 0.261. The van der Waals surface area contributed by atoms with Crippen LogP contribution in [0.1, 0.15) is 78.5 Å². The molecule has 14 heteroatoms. The van der Waals surface area contributed by atoms with E-state index < -0.39 is 26.6 Å². The molecular formula is C47H48N8O5S. The Morgan fingerprint density at radius 1 is 1.00 bits per heavy atom. The molecule has 1 saturated carbocycles. The van der Waals surface area contributed by atoms with Crippen LogP contribution in [0.15, 0.2) is 71.4 Å². The number of β-amino-alcohol motifs (C(OH)–C–C–N with tert-alkyl or cyclic N) is 1. The molecule has 3 N–H and O–H groups in total. The van der Waals surface area contributed by atoms with E-state index in [0.717, 1.165) is 87.0 Å². The van der Waals surface area contributed by atoms with Crippen LogP contribution in [0.3, 0.4) is 0 Å². The molecule has 4 aliphatic rings. The quantitative estimate of drug-likeness (QED) is 0.127. The largest absolute Gasteiger partial charge is 0.435 e. The van der Waals surface area contributed by atoms with Crippen molar-refractivity contribution in [2.24, 2.45) is 5.92 Å². The first-order chi connectivity index (χ1) is 29.4. The van der Waals surface area contributed by atoms with Crippen molar-refractivity contribution in [3.8, 4) is 28.7 Å². The van der Waals surface area contributed by atoms with Crippen molar-refractivity contribution >= 4 is 49.4 Å². The van der Waals surface area contributed by atoms with E-state index in [9.17, 15) is 23.6 Å². The van der Waals surface area contributed by atoms with Gasteiger partial charge in [0.15, 0.2) is 11.4 Å². The molecule has 3 aromatic carbocycles. The minimum atomic E-state index is -3.70. The van der Waals surface area contributed by atoms with Gasteiger partial charge in [-0.05, 0) is 135 Å². The fourth-order valence-corrected chi connectivity index (χ4v) is 11.0. The van der Waals surface area contributed by atoms with Gasteiger partial charge in [0.1, 0.15) is 22.7 Å². The summed E-state index contributed by atoms with van der Waals surface area (Å²) >= 11 is 0. The molecular weight excluding hydrogens is 789 g/mol. The second-order valence-electron chi connectivity index (χ2n) is 17.6. The number of oxazole rings is 1. The molecule has 13 nitrogen and oxygen atoms in total. The first-order valence-corrected chi connectivity index (χ1v) is 22.7. The summed E-state index contributed by atoms with van der Waals surface area (Å²) in [7, 11) is -3.70. The summed E-state index contributed by atoms with van der Waals surface area (Å²) in [5.41, 5.74) is 11.3. The molecule has 0 spiro atoms. The molecule has 5 heterocycles. The number of carbonyl (C=O) groups is 1. The van der Waals surface area contributed by atoms with E-state index in [2.05, 4.69) is 62.9 Å². The number of carbonyl (C=O) groups excluding carboxylic acids is 1. The number of aliphatic hydroxyl groups is 1. The second-order valence-corrected chi connectivity index (χ2v) is 19.8. The summed E-state index contributed by atoms with van der Waals surface area (Å²) in [4.78, 5) is 32.1. The summed E-state index contributed by atoms with van der Waals surface area (Å²) in [6.45, 7) is 9.26. The van der Waals surface area contributed by atoms with E-state index >= 15 is 0 Å². The average molecular weight is 837 g/mol. The molecule has 2 aliphatic heterocycles. The highest BCUT2D eigenvalue weighted by Gasteiger charge is 2.51. The van der Waals surface area contributed by atoms with E-state index in [1.165, 1.54) is 0 Å². The number of anilines is 2. The number of sulfonamides is 1. The van der Waals surface area contributed by atoms with E-state index in [1.807, 2.05) is 42.6 Å². The molecule has 2 saturated heterocycles. The summed E-state index contributed by atoms with van der Waals surface area (Å²) in [6.07, 6.45) is 7.43. The number of nitrogens with zero attached hydrogens (tertiary/aromatic N) is 6. The maximum Gasteiger partial charge on any atom is 0.240 e. The number of hydrogen-bond acceptors (Lipinski definition) is 12. The zero-order valence-electron chi connectivity index (χ0n) is 34.5. The minimum Gasteiger partial charge on any atom is -0.435 e. The molecule has 3 aromatic heterocycles. The van der Waals surface area contributed by atoms with Gasteiger partial charge in [0.2, 0.25) is 21.8 Å². The number of likely N-dealkylation sites (tertiary alicyclic amines) is 2. The van der Waals surface area contributed by atoms with Crippen molar-refractivity contribution in [2.75, 3.05) is 31.5 Å². The van der Waals surface area contributed by atoms with E-state index in [4.69, 9.17) is 14.4 Å². The first-order valence-electron chi connectivity index (χ1n) is 21.2. The third kappa shape index (κ3) is 7.03. The highest BCUT2D eigenvalue weighted by Crippen LogP contribution is 2.45. The zero-order valence-corrected chi connectivity index (χ0v) is 35.3. The van der Waals surface area contributed by atoms with Crippen molar-refractivity contribution in [2.45, 2.75) is 82.7 Å². The van der Waals surface area contributed by atoms with Crippen molar-refractivity contribution in [3.63, 3.8) is 0 Å². The van der Waals surface area contributed by atoms with E-state index in [0.29, 0.717) is 73.7 Å². The van der Waals surface area contributed by atoms with Crippen molar-refractivity contribution in [1.82, 2.24) is 29.5 Å². The Morgan fingerprint density at radius 3 is 2.56 bits per heavy atom. The van der Waals surface area contributed by atoms with Gasteiger partial charge in [-0.25, -0.2) is 18.4 Å². The van der Waals surface area contributed by atoms with Crippen molar-refractivity contribution < 1.29 is 22.7 Å². The Balaban J connectivity index is 0.904. The summed E-state index contributed by atoms with van der Waals surface area (Å²) in [5, 5.41) is 25.0. The van der Waals surface area contributed by atoms with E-state index in [-0.39, 0.29) is 12.1 Å². The number of aliphatic hydroxyl groups excluding tert-OH is 1. The summed E-state index contributed by atoms with van der Waals surface area (Å²) in [6, 6.07) is 20.8. The van der Waals surface area contributed by atoms with Crippen LogP contribution < -0.4 is 10.0 Å². The lowest BCUT2D eigenvalue weighted by Crippen LogP contribution is -2.42. The predicted molar refractivity (Wildman–Crippen MR) is 233 cm³/mol. The molecule has 1 amide bonds. The van der Waals surface area contributed by atoms with Gasteiger partial charge in [-0.15, -0.1) is 0 Å². The number of nitriles is 1. The number of fused-ring (bicyclic) bond motifs is 3. The fourth-order valence-electron chi connectivity index (χ4n) is 9.66. The van der Waals surface area contributed by atoms with Gasteiger partial charge in [0.25, 0.3) is 0 Å². The molecule has 61 heavy (non-hydrogen) atoms. The van der Waals surface area contributed by atoms with Crippen LogP contribution in [0.4, 0.5) is 11.5 Å². The van der Waals surface area contributed by atoms with E-state index in [1.54, 1.807) is 13.1 Å². The number of aromatic nitrogens is 3. The smallest absolute Gasteiger partial charge is 0.240 e. The number of hydrogen-bond donors (Lipinski definition) is 3. The number of rotatable bonds is 10. The third-order valence-electron chi connectivity index (χ3n) is 13.6. The molecule has 0 unspecified atom stereocenters. The monoisotopic (exact) mass is 836 g/mol. The predicted octanol–water partition coefficient (Wildman–Crippen LogP) is 7.21. The minimum absolute atomic E-state index is 0.0103. The Morgan fingerprint density at radius 2 is 1.79 bits per heavy atom. The van der Waals surface area contributed by atoms with Gasteiger partial charge >= 0.3 is 0 Å². The van der Waals surface area contributed by atoms with Gasteiger partial charge in [-0.3, -0.25) is 24.3 Å². The van der Waals surface area contributed by atoms with Gasteiger partial charge in [-0.2, -0.15) is 5.26 Å². The lowest BCUT2D eigenvalue weighted by atomic mass is 9.93. The average Bonchev–Trinajstić information content (AvgIpc) is 3.70. The van der Waals surface area contributed by atoms with Crippen LogP contribution in [-0.4, -0.2) is 81.2 Å². The molecule has 2 aliphatic carbocycles. The first kappa shape index (κ1) is 39.4. The lowest BCUT2D eigenvalue weighted by Gasteiger charge is -2.25. The molecule has 6 aromatic rings. The lowest BCUT2D eigenvalue weighted by molar-refractivity contribution is -0.122. The number of benzene rings is 3. The van der Waals surface area contributed by atoms with Gasteiger partial charge in [0, 0.05) is 61.3 Å². The number of nitrogens with one attached hydrogen (secondary N) is 2. The van der Waals surface area contributed by atoms with Gasteiger partial charge in [0.05, 0.1) is 16.8 Å². The molecule has 3 atom stereocenters. The van der Waals surface area contributed by atoms with Crippen LogP contribution in [-0.2, 0) is 27.8 Å². The maximum absolute atomic E-state index is 13.1.